The normalized spacial score (nSPS) is 10.1. The monoisotopic (exact) mass is 290 g/mol. The SMILES string of the molecule is NC(=O)COc1cccc(NCc2cccc(F)c2O)c1. The minimum Gasteiger partial charge on any atom is -0.505 e. The molecule has 1 amide bonds. The number of hydrogen-bond donors (Lipinski definition) is 3. The van der Waals surface area contributed by atoms with Gasteiger partial charge in [-0.25, -0.2) is 4.39 Å². The number of anilines is 1. The second-order valence-electron chi connectivity index (χ2n) is 4.38. The van der Waals surface area contributed by atoms with Gasteiger partial charge < -0.3 is 20.9 Å². The molecule has 0 aliphatic rings. The van der Waals surface area contributed by atoms with Gasteiger partial charge in [-0.3, -0.25) is 4.79 Å². The molecule has 0 spiro atoms. The molecule has 0 fully saturated rings. The van der Waals surface area contributed by atoms with E-state index in [2.05, 4.69) is 5.32 Å². The summed E-state index contributed by atoms with van der Waals surface area (Å²) in [7, 11) is 0. The van der Waals surface area contributed by atoms with E-state index in [-0.39, 0.29) is 18.9 Å². The maximum absolute atomic E-state index is 13.2. The van der Waals surface area contributed by atoms with Crippen LogP contribution in [0, 0.1) is 5.82 Å². The molecule has 2 aromatic rings. The molecule has 2 aromatic carbocycles. The average molecular weight is 290 g/mol. The molecular formula is C15H15FN2O3. The van der Waals surface area contributed by atoms with Gasteiger partial charge in [-0.15, -0.1) is 0 Å². The van der Waals surface area contributed by atoms with Crippen molar-refractivity contribution in [2.45, 2.75) is 6.54 Å². The topological polar surface area (TPSA) is 84.6 Å². The van der Waals surface area contributed by atoms with Gasteiger partial charge in [0.15, 0.2) is 18.2 Å². The molecule has 0 atom stereocenters. The summed E-state index contributed by atoms with van der Waals surface area (Å²) in [4.78, 5) is 10.7. The van der Waals surface area contributed by atoms with Gasteiger partial charge in [-0.2, -0.15) is 0 Å². The molecule has 5 nitrogen and oxygen atoms in total. The summed E-state index contributed by atoms with van der Waals surface area (Å²) >= 11 is 0. The quantitative estimate of drug-likeness (QED) is 0.759. The van der Waals surface area contributed by atoms with E-state index >= 15 is 0 Å². The molecule has 4 N–H and O–H groups in total. The number of hydrogen-bond acceptors (Lipinski definition) is 4. The summed E-state index contributed by atoms with van der Waals surface area (Å²) in [5.74, 6) is -1.10. The summed E-state index contributed by atoms with van der Waals surface area (Å²) in [6.45, 7) is 0.0526. The van der Waals surface area contributed by atoms with Crippen LogP contribution in [-0.4, -0.2) is 17.6 Å². The van der Waals surface area contributed by atoms with E-state index in [1.54, 1.807) is 30.3 Å². The number of para-hydroxylation sites is 1. The van der Waals surface area contributed by atoms with Gasteiger partial charge in [-0.1, -0.05) is 18.2 Å². The van der Waals surface area contributed by atoms with Crippen LogP contribution < -0.4 is 15.8 Å². The van der Waals surface area contributed by atoms with Crippen molar-refractivity contribution < 1.29 is 19.0 Å². The third kappa shape index (κ3) is 4.10. The van der Waals surface area contributed by atoms with Crippen molar-refractivity contribution in [3.63, 3.8) is 0 Å². The van der Waals surface area contributed by atoms with Gasteiger partial charge >= 0.3 is 0 Å². The van der Waals surface area contributed by atoms with Crippen molar-refractivity contribution in [2.75, 3.05) is 11.9 Å². The smallest absolute Gasteiger partial charge is 0.255 e. The third-order valence-electron chi connectivity index (χ3n) is 2.77. The lowest BCUT2D eigenvalue weighted by molar-refractivity contribution is -0.119. The first-order chi connectivity index (χ1) is 10.1. The zero-order valence-electron chi connectivity index (χ0n) is 11.2. The molecule has 21 heavy (non-hydrogen) atoms. The highest BCUT2D eigenvalue weighted by Gasteiger charge is 2.06. The molecule has 0 saturated carbocycles. The number of phenolic OH excluding ortho intramolecular Hbond substituents is 1. The fourth-order valence-electron chi connectivity index (χ4n) is 1.75. The van der Waals surface area contributed by atoms with Crippen molar-refractivity contribution in [1.29, 1.82) is 0 Å². The predicted octanol–water partition coefficient (Wildman–Crippen LogP) is 2.01. The number of nitrogens with one attached hydrogen (secondary N) is 1. The minimum absolute atomic E-state index is 0.200. The standard InChI is InChI=1S/C15H15FN2O3/c16-13-6-1-3-10(15(13)20)8-18-11-4-2-5-12(7-11)21-9-14(17)19/h1-7,18,20H,8-9H2,(H2,17,19). The highest BCUT2D eigenvalue weighted by molar-refractivity contribution is 5.75. The van der Waals surface area contributed by atoms with Gasteiger partial charge in [-0.05, 0) is 18.2 Å². The summed E-state index contributed by atoms with van der Waals surface area (Å²) in [6, 6.07) is 11.2. The van der Waals surface area contributed by atoms with Gasteiger partial charge in [0.2, 0.25) is 0 Å². The Balaban J connectivity index is 2.01. The number of halogens is 1. The highest BCUT2D eigenvalue weighted by Crippen LogP contribution is 2.23. The zero-order chi connectivity index (χ0) is 15.2. The van der Waals surface area contributed by atoms with Crippen LogP contribution in [0.4, 0.5) is 10.1 Å². The third-order valence-corrected chi connectivity index (χ3v) is 2.77. The first-order valence-corrected chi connectivity index (χ1v) is 6.27. The fourth-order valence-corrected chi connectivity index (χ4v) is 1.75. The molecule has 0 radical (unpaired) electrons. The number of amides is 1. The second-order valence-corrected chi connectivity index (χ2v) is 4.38. The Morgan fingerprint density at radius 3 is 2.81 bits per heavy atom. The molecule has 110 valence electrons. The molecule has 0 unspecified atom stereocenters. The van der Waals surface area contributed by atoms with E-state index in [4.69, 9.17) is 10.5 Å². The molecule has 2 rings (SSSR count). The molecule has 0 saturated heterocycles. The van der Waals surface area contributed by atoms with Crippen LogP contribution in [0.1, 0.15) is 5.56 Å². The van der Waals surface area contributed by atoms with E-state index in [0.29, 0.717) is 17.0 Å². The maximum Gasteiger partial charge on any atom is 0.255 e. The molecule has 0 bridgehead atoms. The lowest BCUT2D eigenvalue weighted by Crippen LogP contribution is -2.20. The van der Waals surface area contributed by atoms with E-state index < -0.39 is 11.7 Å². The molecule has 0 aliphatic carbocycles. The Hall–Kier alpha value is -2.76. The fraction of sp³-hybridized carbons (Fsp3) is 0.133. The van der Waals surface area contributed by atoms with Gasteiger partial charge in [0.05, 0.1) is 0 Å². The van der Waals surface area contributed by atoms with Crippen molar-refractivity contribution >= 4 is 11.6 Å². The Labute approximate surface area is 121 Å². The maximum atomic E-state index is 13.2. The number of nitrogens with two attached hydrogens (primary N) is 1. The number of carbonyl (C=O) groups is 1. The van der Waals surface area contributed by atoms with Crippen molar-refractivity contribution in [3.8, 4) is 11.5 Å². The number of ether oxygens (including phenoxy) is 1. The van der Waals surface area contributed by atoms with E-state index in [9.17, 15) is 14.3 Å². The lowest BCUT2D eigenvalue weighted by Gasteiger charge is -2.10. The van der Waals surface area contributed by atoms with E-state index in [1.807, 2.05) is 0 Å². The number of aromatic hydroxyl groups is 1. The van der Waals surface area contributed by atoms with Crippen LogP contribution >= 0.6 is 0 Å². The average Bonchev–Trinajstić information content (AvgIpc) is 2.47. The Morgan fingerprint density at radius 2 is 2.05 bits per heavy atom. The molecule has 6 heteroatoms. The summed E-state index contributed by atoms with van der Waals surface area (Å²) in [5, 5.41) is 12.6. The van der Waals surface area contributed by atoms with Crippen LogP contribution in [-0.2, 0) is 11.3 Å². The van der Waals surface area contributed by atoms with Gasteiger partial charge in [0.25, 0.3) is 5.91 Å². The van der Waals surface area contributed by atoms with Crippen molar-refractivity contribution in [2.24, 2.45) is 5.73 Å². The van der Waals surface area contributed by atoms with Crippen LogP contribution in [0.2, 0.25) is 0 Å². The van der Waals surface area contributed by atoms with Gasteiger partial charge in [0, 0.05) is 23.9 Å². The summed E-state index contributed by atoms with van der Waals surface area (Å²) in [6.07, 6.45) is 0. The van der Waals surface area contributed by atoms with Crippen LogP contribution in [0.5, 0.6) is 11.5 Å². The van der Waals surface area contributed by atoms with E-state index in [1.165, 1.54) is 12.1 Å². The Bertz CT molecular complexity index is 647. The molecule has 0 aromatic heterocycles. The van der Waals surface area contributed by atoms with Crippen LogP contribution in [0.3, 0.4) is 0 Å². The number of benzene rings is 2. The van der Waals surface area contributed by atoms with Gasteiger partial charge in [0.1, 0.15) is 5.75 Å². The largest absolute Gasteiger partial charge is 0.505 e. The summed E-state index contributed by atoms with van der Waals surface area (Å²) < 4.78 is 18.4. The number of carbonyl (C=O) groups excluding carboxylic acids is 1. The molecule has 0 heterocycles. The summed E-state index contributed by atoms with van der Waals surface area (Å²) in [5.41, 5.74) is 6.15. The number of primary amides is 1. The van der Waals surface area contributed by atoms with Crippen LogP contribution in [0.25, 0.3) is 0 Å². The van der Waals surface area contributed by atoms with E-state index in [0.717, 1.165) is 0 Å². The number of rotatable bonds is 6. The van der Waals surface area contributed by atoms with Crippen LogP contribution in [0.15, 0.2) is 42.5 Å². The Kier molecular flexibility index (Phi) is 4.61. The first kappa shape index (κ1) is 14.6. The molecule has 0 aliphatic heterocycles. The first-order valence-electron chi connectivity index (χ1n) is 6.27. The minimum atomic E-state index is -0.659. The Morgan fingerprint density at radius 1 is 1.29 bits per heavy atom. The second kappa shape index (κ2) is 6.60. The molecular weight excluding hydrogens is 275 g/mol. The van der Waals surface area contributed by atoms with Crippen molar-refractivity contribution in [3.05, 3.63) is 53.8 Å². The predicted molar refractivity (Wildman–Crippen MR) is 76.5 cm³/mol. The zero-order valence-corrected chi connectivity index (χ0v) is 11.2. The number of phenols is 1. The highest BCUT2D eigenvalue weighted by atomic mass is 19.1. The van der Waals surface area contributed by atoms with Crippen molar-refractivity contribution in [1.82, 2.24) is 0 Å². The lowest BCUT2D eigenvalue weighted by atomic mass is 10.2.